The van der Waals surface area contributed by atoms with E-state index in [9.17, 15) is 9.59 Å². The van der Waals surface area contributed by atoms with Crippen molar-refractivity contribution in [3.63, 3.8) is 0 Å². The van der Waals surface area contributed by atoms with Crippen LogP contribution in [-0.4, -0.2) is 83.4 Å². The highest BCUT2D eigenvalue weighted by molar-refractivity contribution is 5.74. The molecule has 0 aliphatic carbocycles. The van der Waals surface area contributed by atoms with Crippen molar-refractivity contribution >= 4 is 35.7 Å². The van der Waals surface area contributed by atoms with Crippen LogP contribution in [0.3, 0.4) is 0 Å². The largest absolute Gasteiger partial charge is 0.481 e. The molecule has 2 aromatic rings. The molecule has 0 atom stereocenters. The Bertz CT molecular complexity index is 941. The van der Waals surface area contributed by atoms with E-state index < -0.39 is 5.97 Å². The van der Waals surface area contributed by atoms with Crippen molar-refractivity contribution in [2.45, 2.75) is 6.42 Å². The number of azide groups is 1. The third kappa shape index (κ3) is 6.23. The van der Waals surface area contributed by atoms with E-state index in [1.165, 1.54) is 17.3 Å². The molecule has 168 valence electrons. The van der Waals surface area contributed by atoms with Crippen molar-refractivity contribution in [1.82, 2.24) is 19.9 Å². The average molecular weight is 442 g/mol. The number of hydrogen-bond acceptors (Lipinski definition) is 10. The number of carbonyl (C=O) groups excluding carboxylic acids is 1. The molecule has 14 heteroatoms. The second-order valence-electron chi connectivity index (χ2n) is 6.70. The Balaban J connectivity index is 1.50. The molecule has 32 heavy (non-hydrogen) atoms. The maximum absolute atomic E-state index is 11.4. The minimum Gasteiger partial charge on any atom is -0.481 e. The molecule has 1 amide bonds. The summed E-state index contributed by atoms with van der Waals surface area (Å²) in [4.78, 5) is 47.2. The fourth-order valence-corrected chi connectivity index (χ4v) is 2.98. The second kappa shape index (κ2) is 11.4. The number of carboxylic acid groups (broad SMARTS) is 1. The van der Waals surface area contributed by atoms with Gasteiger partial charge in [0.15, 0.2) is 0 Å². The van der Waals surface area contributed by atoms with Crippen LogP contribution in [0, 0.1) is 0 Å². The summed E-state index contributed by atoms with van der Waals surface area (Å²) < 4.78 is 5.22. The number of aromatic nitrogens is 4. The summed E-state index contributed by atoms with van der Waals surface area (Å²) in [6.45, 7) is 3.22. The van der Waals surface area contributed by atoms with Gasteiger partial charge in [0.2, 0.25) is 18.3 Å². The number of hydrogen-bond donors (Lipinski definition) is 1. The molecular weight excluding hydrogens is 420 g/mol. The van der Waals surface area contributed by atoms with E-state index in [-0.39, 0.29) is 26.2 Å². The molecule has 1 N–H and O–H groups in total. The Kier molecular flexibility index (Phi) is 8.06. The molecule has 1 saturated heterocycles. The maximum Gasteiger partial charge on any atom is 0.305 e. The van der Waals surface area contributed by atoms with Crippen molar-refractivity contribution in [1.29, 1.82) is 0 Å². The van der Waals surface area contributed by atoms with E-state index in [0.717, 1.165) is 0 Å². The fraction of sp³-hybridized carbons (Fsp3) is 0.444. The zero-order chi connectivity index (χ0) is 22.8. The van der Waals surface area contributed by atoms with Crippen LogP contribution >= 0.6 is 0 Å². The monoisotopic (exact) mass is 442 g/mol. The number of nitrogens with zero attached hydrogens (tertiary/aromatic N) is 10. The number of piperazine rings is 1. The highest BCUT2D eigenvalue weighted by Gasteiger charge is 2.21. The molecule has 0 radical (unpaired) electrons. The summed E-state index contributed by atoms with van der Waals surface area (Å²) in [5.41, 5.74) is 9.33. The van der Waals surface area contributed by atoms with E-state index in [1.807, 2.05) is 9.80 Å². The SMILES string of the molecule is [N-]=[N+]=Nc1cnc(N2CCN(c3ncc(N(C=O)CCOCCC(=O)O)cn3)CC2)nc1. The number of rotatable bonds is 11. The molecule has 2 aromatic heterocycles. The number of carboxylic acids is 1. The maximum atomic E-state index is 11.4. The first-order valence-electron chi connectivity index (χ1n) is 9.81. The summed E-state index contributed by atoms with van der Waals surface area (Å²) >= 11 is 0. The Labute approximate surface area is 183 Å². The van der Waals surface area contributed by atoms with Gasteiger partial charge in [0.05, 0.1) is 43.4 Å². The lowest BCUT2D eigenvalue weighted by Gasteiger charge is -2.34. The Morgan fingerprint density at radius 3 is 2.16 bits per heavy atom. The number of ether oxygens (including phenoxy) is 1. The molecule has 0 bridgehead atoms. The lowest BCUT2D eigenvalue weighted by atomic mass is 10.3. The summed E-state index contributed by atoms with van der Waals surface area (Å²) in [6.07, 6.45) is 6.67. The standard InChI is InChI=1S/C18H22N10O4/c19-25-24-14-9-20-17(21-10-14)26-2-4-27(5-3-26)18-22-11-15(12-23-18)28(13-29)6-8-32-7-1-16(30)31/h9-13H,1-8H2,(H,30,31). The average Bonchev–Trinajstić information content (AvgIpc) is 2.82. The molecule has 14 nitrogen and oxygen atoms in total. The van der Waals surface area contributed by atoms with Gasteiger partial charge in [-0.25, -0.2) is 19.9 Å². The highest BCUT2D eigenvalue weighted by atomic mass is 16.5. The Hall–Kier alpha value is -4.03. The van der Waals surface area contributed by atoms with Crippen molar-refractivity contribution in [2.24, 2.45) is 5.11 Å². The van der Waals surface area contributed by atoms with Gasteiger partial charge < -0.3 is 24.5 Å². The van der Waals surface area contributed by atoms with Crippen molar-refractivity contribution in [2.75, 3.05) is 60.6 Å². The van der Waals surface area contributed by atoms with Crippen LogP contribution in [0.2, 0.25) is 0 Å². The number of carbonyl (C=O) groups is 2. The van der Waals surface area contributed by atoms with E-state index in [0.29, 0.717) is 55.9 Å². The van der Waals surface area contributed by atoms with E-state index in [1.54, 1.807) is 12.4 Å². The molecule has 0 unspecified atom stereocenters. The lowest BCUT2D eigenvalue weighted by molar-refractivity contribution is -0.138. The van der Waals surface area contributed by atoms with Crippen molar-refractivity contribution in [3.05, 3.63) is 35.2 Å². The number of anilines is 3. The van der Waals surface area contributed by atoms with Gasteiger partial charge in [-0.1, -0.05) is 5.11 Å². The molecule has 3 heterocycles. The van der Waals surface area contributed by atoms with Crippen LogP contribution in [0.15, 0.2) is 29.9 Å². The summed E-state index contributed by atoms with van der Waals surface area (Å²) in [5.74, 6) is 0.180. The first kappa shape index (κ1) is 22.7. The zero-order valence-electron chi connectivity index (χ0n) is 17.2. The Morgan fingerprint density at radius 2 is 1.66 bits per heavy atom. The van der Waals surface area contributed by atoms with Crippen LogP contribution in [0.4, 0.5) is 23.3 Å². The summed E-state index contributed by atoms with van der Waals surface area (Å²) in [5, 5.41) is 12.0. The fourth-order valence-electron chi connectivity index (χ4n) is 2.98. The van der Waals surface area contributed by atoms with Gasteiger partial charge >= 0.3 is 5.97 Å². The number of aliphatic carboxylic acids is 1. The van der Waals surface area contributed by atoms with Crippen molar-refractivity contribution in [3.8, 4) is 0 Å². The van der Waals surface area contributed by atoms with Gasteiger partial charge in [0, 0.05) is 50.0 Å². The smallest absolute Gasteiger partial charge is 0.305 e. The number of amides is 1. The van der Waals surface area contributed by atoms with Gasteiger partial charge in [-0.2, -0.15) is 0 Å². The minimum absolute atomic E-state index is 0.0840. The van der Waals surface area contributed by atoms with E-state index in [4.69, 9.17) is 15.4 Å². The van der Waals surface area contributed by atoms with Gasteiger partial charge in [0.25, 0.3) is 0 Å². The molecule has 1 fully saturated rings. The molecule has 1 aliphatic heterocycles. The molecule has 0 spiro atoms. The van der Waals surface area contributed by atoms with Crippen LogP contribution in [0.25, 0.3) is 10.4 Å². The normalized spacial score (nSPS) is 13.4. The summed E-state index contributed by atoms with van der Waals surface area (Å²) in [7, 11) is 0. The van der Waals surface area contributed by atoms with Gasteiger partial charge in [-0.15, -0.1) is 0 Å². The second-order valence-corrected chi connectivity index (χ2v) is 6.70. The zero-order valence-corrected chi connectivity index (χ0v) is 17.2. The quantitative estimate of drug-likeness (QED) is 0.174. The van der Waals surface area contributed by atoms with Crippen LogP contribution in [-0.2, 0) is 14.3 Å². The molecular formula is C18H22N10O4. The van der Waals surface area contributed by atoms with Crippen LogP contribution in [0.5, 0.6) is 0 Å². The van der Waals surface area contributed by atoms with Gasteiger partial charge in [0.1, 0.15) is 0 Å². The third-order valence-electron chi connectivity index (χ3n) is 4.65. The lowest BCUT2D eigenvalue weighted by Crippen LogP contribution is -2.47. The molecule has 0 saturated carbocycles. The Morgan fingerprint density at radius 1 is 1.09 bits per heavy atom. The van der Waals surface area contributed by atoms with E-state index in [2.05, 4.69) is 30.0 Å². The van der Waals surface area contributed by atoms with Crippen LogP contribution in [0.1, 0.15) is 6.42 Å². The van der Waals surface area contributed by atoms with Gasteiger partial charge in [-0.05, 0) is 5.53 Å². The third-order valence-corrected chi connectivity index (χ3v) is 4.65. The minimum atomic E-state index is -0.933. The topological polar surface area (TPSA) is 174 Å². The highest BCUT2D eigenvalue weighted by Crippen LogP contribution is 2.18. The van der Waals surface area contributed by atoms with E-state index >= 15 is 0 Å². The molecule has 3 rings (SSSR count). The van der Waals surface area contributed by atoms with Crippen molar-refractivity contribution < 1.29 is 19.4 Å². The first-order valence-corrected chi connectivity index (χ1v) is 9.81. The summed E-state index contributed by atoms with van der Waals surface area (Å²) in [6, 6.07) is 0. The van der Waals surface area contributed by atoms with Gasteiger partial charge in [-0.3, -0.25) is 9.59 Å². The van der Waals surface area contributed by atoms with Crippen LogP contribution < -0.4 is 14.7 Å². The molecule has 1 aliphatic rings. The first-order chi connectivity index (χ1) is 15.6. The molecule has 0 aromatic carbocycles. The predicted octanol–water partition coefficient (Wildman–Crippen LogP) is 0.989. The predicted molar refractivity (Wildman–Crippen MR) is 114 cm³/mol.